The highest BCUT2D eigenvalue weighted by Gasteiger charge is 2.36. The van der Waals surface area contributed by atoms with Crippen LogP contribution in [0.1, 0.15) is 38.5 Å². The molecule has 21 heavy (non-hydrogen) atoms. The lowest BCUT2D eigenvalue weighted by atomic mass is 9.79. The van der Waals surface area contributed by atoms with Gasteiger partial charge < -0.3 is 20.2 Å². The molecule has 0 aromatic rings. The van der Waals surface area contributed by atoms with E-state index in [1.54, 1.807) is 14.1 Å². The van der Waals surface area contributed by atoms with E-state index in [9.17, 15) is 14.4 Å². The summed E-state index contributed by atoms with van der Waals surface area (Å²) < 4.78 is 0. The van der Waals surface area contributed by atoms with Crippen molar-refractivity contribution in [2.75, 3.05) is 27.7 Å². The number of urea groups is 1. The zero-order valence-corrected chi connectivity index (χ0v) is 13.0. The standard InChI is InChI=1S/C14H25N3O4/c1-16(2)11(18)10-17(3)13(21)15-14(9-12(19)20)7-5-4-6-8-14/h4-10H2,1-3H3,(H,15,21)(H,19,20). The van der Waals surface area contributed by atoms with Crippen LogP contribution in [-0.2, 0) is 9.59 Å². The van der Waals surface area contributed by atoms with Crippen molar-refractivity contribution in [2.45, 2.75) is 44.1 Å². The van der Waals surface area contributed by atoms with Crippen molar-refractivity contribution in [3.8, 4) is 0 Å². The topological polar surface area (TPSA) is 90.0 Å². The first kappa shape index (κ1) is 17.3. The van der Waals surface area contributed by atoms with E-state index in [0.717, 1.165) is 19.3 Å². The summed E-state index contributed by atoms with van der Waals surface area (Å²) in [5.41, 5.74) is -0.684. The minimum absolute atomic E-state index is 0.0258. The molecule has 0 aromatic carbocycles. The Morgan fingerprint density at radius 1 is 1.10 bits per heavy atom. The van der Waals surface area contributed by atoms with Gasteiger partial charge in [-0.2, -0.15) is 0 Å². The third-order valence-electron chi connectivity index (χ3n) is 3.89. The third kappa shape index (κ3) is 5.24. The number of carbonyl (C=O) groups is 3. The molecule has 0 atom stereocenters. The van der Waals surface area contributed by atoms with Crippen LogP contribution in [0.3, 0.4) is 0 Å². The predicted octanol–water partition coefficient (Wildman–Crippen LogP) is 0.894. The average molecular weight is 299 g/mol. The van der Waals surface area contributed by atoms with Crippen LogP contribution in [0.5, 0.6) is 0 Å². The van der Waals surface area contributed by atoms with Gasteiger partial charge in [-0.15, -0.1) is 0 Å². The Bertz CT molecular complexity index is 403. The molecule has 1 rings (SSSR count). The molecule has 3 amide bonds. The first-order valence-corrected chi connectivity index (χ1v) is 7.21. The summed E-state index contributed by atoms with van der Waals surface area (Å²) in [6.45, 7) is -0.0258. The van der Waals surface area contributed by atoms with E-state index in [2.05, 4.69) is 5.32 Å². The van der Waals surface area contributed by atoms with Gasteiger partial charge in [-0.3, -0.25) is 9.59 Å². The van der Waals surface area contributed by atoms with Gasteiger partial charge >= 0.3 is 12.0 Å². The predicted molar refractivity (Wildman–Crippen MR) is 77.9 cm³/mol. The maximum absolute atomic E-state index is 12.2. The van der Waals surface area contributed by atoms with Gasteiger partial charge in [0.1, 0.15) is 6.54 Å². The number of carboxylic acid groups (broad SMARTS) is 1. The molecule has 1 saturated carbocycles. The number of carboxylic acids is 1. The number of carbonyl (C=O) groups excluding carboxylic acids is 2. The second-order valence-electron chi connectivity index (χ2n) is 5.99. The van der Waals surface area contributed by atoms with Crippen LogP contribution < -0.4 is 5.32 Å². The molecule has 0 radical (unpaired) electrons. The number of hydrogen-bond acceptors (Lipinski definition) is 3. The van der Waals surface area contributed by atoms with Crippen molar-refractivity contribution in [3.63, 3.8) is 0 Å². The number of nitrogens with one attached hydrogen (secondary N) is 1. The molecule has 120 valence electrons. The number of amides is 3. The summed E-state index contributed by atoms with van der Waals surface area (Å²) in [4.78, 5) is 37.6. The summed E-state index contributed by atoms with van der Waals surface area (Å²) in [6.07, 6.45) is 4.14. The minimum atomic E-state index is -0.913. The van der Waals surface area contributed by atoms with Gasteiger partial charge in [0.05, 0.1) is 12.0 Å². The van der Waals surface area contributed by atoms with Crippen LogP contribution in [-0.4, -0.2) is 66.0 Å². The molecular weight excluding hydrogens is 274 g/mol. The van der Waals surface area contributed by atoms with Crippen LogP contribution in [0.2, 0.25) is 0 Å². The van der Waals surface area contributed by atoms with E-state index >= 15 is 0 Å². The maximum Gasteiger partial charge on any atom is 0.318 e. The van der Waals surface area contributed by atoms with Crippen LogP contribution in [0.15, 0.2) is 0 Å². The Kier molecular flexibility index (Phi) is 5.99. The summed E-state index contributed by atoms with van der Waals surface area (Å²) in [5, 5.41) is 11.9. The molecule has 0 unspecified atom stereocenters. The molecule has 1 aliphatic rings. The van der Waals surface area contributed by atoms with Crippen molar-refractivity contribution in [1.29, 1.82) is 0 Å². The van der Waals surface area contributed by atoms with Crippen molar-refractivity contribution >= 4 is 17.9 Å². The molecule has 0 saturated heterocycles. The molecule has 0 aromatic heterocycles. The zero-order valence-electron chi connectivity index (χ0n) is 13.0. The molecule has 0 heterocycles. The number of likely N-dealkylation sites (N-methyl/N-ethyl adjacent to an activating group) is 2. The lowest BCUT2D eigenvalue weighted by Crippen LogP contribution is -2.55. The van der Waals surface area contributed by atoms with Crippen molar-refractivity contribution in [1.82, 2.24) is 15.1 Å². The van der Waals surface area contributed by atoms with Crippen molar-refractivity contribution < 1.29 is 19.5 Å². The number of hydrogen-bond donors (Lipinski definition) is 2. The first-order valence-electron chi connectivity index (χ1n) is 7.21. The van der Waals surface area contributed by atoms with Gasteiger partial charge in [0.15, 0.2) is 0 Å². The number of aliphatic carboxylic acids is 1. The van der Waals surface area contributed by atoms with Crippen LogP contribution in [0.4, 0.5) is 4.79 Å². The quantitative estimate of drug-likeness (QED) is 0.789. The fraction of sp³-hybridized carbons (Fsp3) is 0.786. The molecule has 1 fully saturated rings. The summed E-state index contributed by atoms with van der Waals surface area (Å²) in [7, 11) is 4.79. The lowest BCUT2D eigenvalue weighted by molar-refractivity contribution is -0.139. The monoisotopic (exact) mass is 299 g/mol. The molecule has 1 aliphatic carbocycles. The maximum atomic E-state index is 12.2. The van der Waals surface area contributed by atoms with Crippen LogP contribution >= 0.6 is 0 Å². The minimum Gasteiger partial charge on any atom is -0.481 e. The zero-order chi connectivity index (χ0) is 16.0. The van der Waals surface area contributed by atoms with Gasteiger partial charge in [0, 0.05) is 21.1 Å². The van der Waals surface area contributed by atoms with Gasteiger partial charge in [0.2, 0.25) is 5.91 Å². The molecule has 0 aliphatic heterocycles. The Morgan fingerprint density at radius 3 is 2.14 bits per heavy atom. The molecule has 7 heteroatoms. The Balaban J connectivity index is 2.67. The normalized spacial score (nSPS) is 16.9. The molecule has 2 N–H and O–H groups in total. The second kappa shape index (κ2) is 7.28. The Morgan fingerprint density at radius 2 is 1.67 bits per heavy atom. The fourth-order valence-electron chi connectivity index (χ4n) is 2.60. The van der Waals surface area contributed by atoms with Gasteiger partial charge in [0.25, 0.3) is 0 Å². The summed E-state index contributed by atoms with van der Waals surface area (Å²) in [6, 6.07) is -0.395. The first-order chi connectivity index (χ1) is 9.76. The van der Waals surface area contributed by atoms with E-state index in [1.807, 2.05) is 0 Å². The molecule has 0 bridgehead atoms. The molecular formula is C14H25N3O4. The smallest absolute Gasteiger partial charge is 0.318 e. The van der Waals surface area contributed by atoms with Crippen molar-refractivity contribution in [2.24, 2.45) is 0 Å². The second-order valence-corrected chi connectivity index (χ2v) is 5.99. The fourth-order valence-corrected chi connectivity index (χ4v) is 2.60. The van der Waals surface area contributed by atoms with Gasteiger partial charge in [-0.05, 0) is 12.8 Å². The Labute approximate surface area is 125 Å². The third-order valence-corrected chi connectivity index (χ3v) is 3.89. The largest absolute Gasteiger partial charge is 0.481 e. The lowest BCUT2D eigenvalue weighted by Gasteiger charge is -2.38. The van der Waals surface area contributed by atoms with E-state index in [0.29, 0.717) is 12.8 Å². The molecule has 0 spiro atoms. The average Bonchev–Trinajstić information content (AvgIpc) is 2.38. The SMILES string of the molecule is CN(C)C(=O)CN(C)C(=O)NC1(CC(=O)O)CCCCC1. The van der Waals surface area contributed by atoms with E-state index < -0.39 is 17.5 Å². The summed E-state index contributed by atoms with van der Waals surface area (Å²) in [5.74, 6) is -1.09. The summed E-state index contributed by atoms with van der Waals surface area (Å²) >= 11 is 0. The van der Waals surface area contributed by atoms with Gasteiger partial charge in [-0.25, -0.2) is 4.79 Å². The highest BCUT2D eigenvalue weighted by Crippen LogP contribution is 2.31. The van der Waals surface area contributed by atoms with Gasteiger partial charge in [-0.1, -0.05) is 19.3 Å². The number of nitrogens with zero attached hydrogens (tertiary/aromatic N) is 2. The van der Waals surface area contributed by atoms with Crippen LogP contribution in [0, 0.1) is 0 Å². The number of rotatable bonds is 5. The highest BCUT2D eigenvalue weighted by atomic mass is 16.4. The highest BCUT2D eigenvalue weighted by molar-refractivity contribution is 5.84. The Hall–Kier alpha value is -1.79. The van der Waals surface area contributed by atoms with E-state index in [-0.39, 0.29) is 18.9 Å². The molecule has 7 nitrogen and oxygen atoms in total. The van der Waals surface area contributed by atoms with Crippen LogP contribution in [0.25, 0.3) is 0 Å². The van der Waals surface area contributed by atoms with E-state index in [1.165, 1.54) is 16.8 Å². The van der Waals surface area contributed by atoms with E-state index in [4.69, 9.17) is 5.11 Å². The van der Waals surface area contributed by atoms with Crippen molar-refractivity contribution in [3.05, 3.63) is 0 Å².